The highest BCUT2D eigenvalue weighted by Gasteiger charge is 2.14. The molecule has 1 aromatic carbocycles. The molecule has 88 valence electrons. The average Bonchev–Trinajstić information content (AvgIpc) is 2.21. The van der Waals surface area contributed by atoms with Crippen LogP contribution in [0.4, 0.5) is 5.69 Å². The molecule has 0 fully saturated rings. The van der Waals surface area contributed by atoms with E-state index in [0.717, 1.165) is 5.56 Å². The summed E-state index contributed by atoms with van der Waals surface area (Å²) < 4.78 is 11.9. The molecule has 0 heterocycles. The number of hydrogen-bond donors (Lipinski definition) is 1. The monoisotopic (exact) mass is 240 g/mol. The van der Waals surface area contributed by atoms with E-state index in [1.807, 2.05) is 13.0 Å². The summed E-state index contributed by atoms with van der Waals surface area (Å²) in [7, 11) is 1.90. The molecule has 0 bridgehead atoms. The average molecular weight is 240 g/mol. The lowest BCUT2D eigenvalue weighted by atomic mass is 10.2. The highest BCUT2D eigenvalue weighted by molar-refractivity contribution is 7.86. The van der Waals surface area contributed by atoms with Gasteiger partial charge in [-0.2, -0.15) is 0 Å². The Kier molecular flexibility index (Phi) is 4.06. The molecule has 0 saturated carbocycles. The first-order valence-corrected chi connectivity index (χ1v) is 6.18. The molecule has 1 atom stereocenters. The van der Waals surface area contributed by atoms with Crippen molar-refractivity contribution in [1.29, 1.82) is 0 Å². The molecule has 0 aromatic heterocycles. The Morgan fingerprint density at radius 3 is 2.62 bits per heavy atom. The lowest BCUT2D eigenvalue weighted by Crippen LogP contribution is -2.27. The van der Waals surface area contributed by atoms with E-state index in [2.05, 4.69) is 0 Å². The number of nitrogens with zero attached hydrogens (tertiary/aromatic N) is 1. The number of nitrogens with two attached hydrogens (primary N) is 1. The predicted octanol–water partition coefficient (Wildman–Crippen LogP) is 0.773. The van der Waals surface area contributed by atoms with Gasteiger partial charge >= 0.3 is 0 Å². The Balaban J connectivity index is 2.88. The van der Waals surface area contributed by atoms with Crippen molar-refractivity contribution in [2.24, 2.45) is 0 Å². The quantitative estimate of drug-likeness (QED) is 0.794. The van der Waals surface area contributed by atoms with Gasteiger partial charge in [-0.25, -0.2) is 0 Å². The molecule has 5 heteroatoms. The summed E-state index contributed by atoms with van der Waals surface area (Å²) in [4.78, 5) is 13.4. The van der Waals surface area contributed by atoms with Crippen LogP contribution in [0.3, 0.4) is 0 Å². The summed E-state index contributed by atoms with van der Waals surface area (Å²) in [6.07, 6.45) is 0. The molecule has 16 heavy (non-hydrogen) atoms. The zero-order valence-corrected chi connectivity index (χ0v) is 10.5. The lowest BCUT2D eigenvalue weighted by Gasteiger charge is -2.11. The summed E-state index contributed by atoms with van der Waals surface area (Å²) in [5.74, 6) is -0.195. The number of hydrogen-bond acceptors (Lipinski definition) is 3. The van der Waals surface area contributed by atoms with Crippen LogP contribution in [-0.2, 0) is 15.6 Å². The van der Waals surface area contributed by atoms with Gasteiger partial charge in [0, 0.05) is 19.8 Å². The summed E-state index contributed by atoms with van der Waals surface area (Å²) in [5.41, 5.74) is 7.17. The molecule has 1 rings (SSSR count). The number of rotatable bonds is 3. The number of carbonyl (C=O) groups excluding carboxylic acids is 1. The van der Waals surface area contributed by atoms with Crippen molar-refractivity contribution in [3.8, 4) is 0 Å². The van der Waals surface area contributed by atoms with E-state index in [4.69, 9.17) is 5.73 Å². The van der Waals surface area contributed by atoms with E-state index in [-0.39, 0.29) is 11.7 Å². The van der Waals surface area contributed by atoms with Gasteiger partial charge in [-0.1, -0.05) is 6.07 Å². The van der Waals surface area contributed by atoms with E-state index >= 15 is 0 Å². The largest absolute Gasteiger partial charge is 0.398 e. The Bertz CT molecular complexity index is 430. The van der Waals surface area contributed by atoms with Crippen LogP contribution < -0.4 is 5.73 Å². The van der Waals surface area contributed by atoms with Crippen LogP contribution in [0.15, 0.2) is 23.1 Å². The second kappa shape index (κ2) is 5.12. The van der Waals surface area contributed by atoms with Crippen molar-refractivity contribution in [3.63, 3.8) is 0 Å². The number of anilines is 1. The van der Waals surface area contributed by atoms with Crippen LogP contribution >= 0.6 is 0 Å². The third-order valence-electron chi connectivity index (χ3n) is 2.17. The number of aryl methyl sites for hydroxylation is 1. The minimum Gasteiger partial charge on any atom is -0.398 e. The fraction of sp³-hybridized carbons (Fsp3) is 0.364. The Hall–Kier alpha value is -1.36. The van der Waals surface area contributed by atoms with E-state index in [0.29, 0.717) is 10.6 Å². The van der Waals surface area contributed by atoms with Crippen molar-refractivity contribution in [2.45, 2.75) is 11.8 Å². The topological polar surface area (TPSA) is 63.4 Å². The normalized spacial score (nSPS) is 12.2. The van der Waals surface area contributed by atoms with Crippen molar-refractivity contribution in [2.75, 3.05) is 25.6 Å². The van der Waals surface area contributed by atoms with Crippen molar-refractivity contribution in [3.05, 3.63) is 23.8 Å². The van der Waals surface area contributed by atoms with Gasteiger partial charge in [-0.15, -0.1) is 0 Å². The van der Waals surface area contributed by atoms with Crippen molar-refractivity contribution >= 4 is 22.4 Å². The number of benzene rings is 1. The SMILES string of the molecule is Cc1ccc(N)c(S(=O)CC(=O)N(C)C)c1. The van der Waals surface area contributed by atoms with Crippen molar-refractivity contribution < 1.29 is 9.00 Å². The molecule has 2 N–H and O–H groups in total. The molecule has 1 aromatic rings. The first kappa shape index (κ1) is 12.7. The fourth-order valence-electron chi connectivity index (χ4n) is 1.16. The number of nitrogen functional groups attached to an aromatic ring is 1. The third-order valence-corrected chi connectivity index (χ3v) is 3.52. The minimum atomic E-state index is -1.37. The first-order valence-electron chi connectivity index (χ1n) is 4.86. The van der Waals surface area contributed by atoms with Crippen LogP contribution in [0.5, 0.6) is 0 Å². The molecule has 1 unspecified atom stereocenters. The minimum absolute atomic E-state index is 0.0271. The van der Waals surface area contributed by atoms with Gasteiger partial charge in [0.2, 0.25) is 5.91 Å². The maximum Gasteiger partial charge on any atom is 0.235 e. The van der Waals surface area contributed by atoms with Gasteiger partial charge < -0.3 is 10.6 Å². The van der Waals surface area contributed by atoms with Gasteiger partial charge in [0.15, 0.2) is 0 Å². The number of amides is 1. The highest BCUT2D eigenvalue weighted by Crippen LogP contribution is 2.18. The molecule has 0 spiro atoms. The van der Waals surface area contributed by atoms with E-state index in [9.17, 15) is 9.00 Å². The molecular weight excluding hydrogens is 224 g/mol. The fourth-order valence-corrected chi connectivity index (χ4v) is 2.44. The molecule has 4 nitrogen and oxygen atoms in total. The second-order valence-electron chi connectivity index (χ2n) is 3.82. The maximum absolute atomic E-state index is 11.9. The van der Waals surface area contributed by atoms with Gasteiger partial charge in [-0.3, -0.25) is 9.00 Å². The van der Waals surface area contributed by atoms with Gasteiger partial charge in [0.05, 0.1) is 15.7 Å². The van der Waals surface area contributed by atoms with Crippen molar-refractivity contribution in [1.82, 2.24) is 4.90 Å². The zero-order chi connectivity index (χ0) is 12.3. The van der Waals surface area contributed by atoms with Gasteiger partial charge in [0.1, 0.15) is 5.75 Å². The maximum atomic E-state index is 11.9. The summed E-state index contributed by atoms with van der Waals surface area (Å²) in [5, 5.41) is 0. The van der Waals surface area contributed by atoms with Crippen LogP contribution in [0.25, 0.3) is 0 Å². The Labute approximate surface area is 97.9 Å². The van der Waals surface area contributed by atoms with Crippen LogP contribution in [0.1, 0.15) is 5.56 Å². The molecule has 0 saturated heterocycles. The number of carbonyl (C=O) groups is 1. The third kappa shape index (κ3) is 3.06. The van der Waals surface area contributed by atoms with E-state index in [1.54, 1.807) is 26.2 Å². The van der Waals surface area contributed by atoms with Crippen LogP contribution in [0, 0.1) is 6.92 Å². The van der Waals surface area contributed by atoms with Crippen LogP contribution in [-0.4, -0.2) is 34.9 Å². The Morgan fingerprint density at radius 2 is 2.06 bits per heavy atom. The van der Waals surface area contributed by atoms with Gasteiger partial charge in [0.25, 0.3) is 0 Å². The smallest absolute Gasteiger partial charge is 0.235 e. The summed E-state index contributed by atoms with van der Waals surface area (Å²) in [6, 6.07) is 5.32. The standard InChI is InChI=1S/C11H16N2O2S/c1-8-4-5-9(12)10(6-8)16(15)7-11(14)13(2)3/h4-6H,7,12H2,1-3H3. The van der Waals surface area contributed by atoms with E-state index in [1.165, 1.54) is 4.90 Å². The summed E-state index contributed by atoms with van der Waals surface area (Å²) >= 11 is 0. The molecule has 0 aliphatic heterocycles. The van der Waals surface area contributed by atoms with Crippen LogP contribution in [0.2, 0.25) is 0 Å². The Morgan fingerprint density at radius 1 is 1.44 bits per heavy atom. The second-order valence-corrected chi connectivity index (χ2v) is 5.24. The lowest BCUT2D eigenvalue weighted by molar-refractivity contribution is -0.125. The predicted molar refractivity (Wildman–Crippen MR) is 65.6 cm³/mol. The van der Waals surface area contributed by atoms with E-state index < -0.39 is 10.8 Å². The van der Waals surface area contributed by atoms with Gasteiger partial charge in [-0.05, 0) is 24.6 Å². The zero-order valence-electron chi connectivity index (χ0n) is 9.69. The molecule has 0 radical (unpaired) electrons. The highest BCUT2D eigenvalue weighted by atomic mass is 32.2. The molecule has 1 amide bonds. The molecular formula is C11H16N2O2S. The molecule has 0 aliphatic carbocycles. The molecule has 0 aliphatic rings. The first-order chi connectivity index (χ1) is 7.41. The summed E-state index contributed by atoms with van der Waals surface area (Å²) in [6.45, 7) is 1.90.